The monoisotopic (exact) mass is 242 g/mol. The molecule has 0 unspecified atom stereocenters. The van der Waals surface area contributed by atoms with Crippen LogP contribution in [0.2, 0.25) is 5.15 Å². The van der Waals surface area contributed by atoms with Gasteiger partial charge in [0.15, 0.2) is 0 Å². The Morgan fingerprint density at radius 3 is 2.83 bits per heavy atom. The first-order chi connectivity index (χ1) is 5.75. The summed E-state index contributed by atoms with van der Waals surface area (Å²) in [6.45, 7) is 0. The first kappa shape index (κ1) is 7.95. The fourth-order valence-corrected chi connectivity index (χ4v) is 1.47. The van der Waals surface area contributed by atoms with E-state index in [-0.39, 0.29) is 0 Å². The summed E-state index contributed by atoms with van der Waals surface area (Å²) in [5, 5.41) is 1.45. The number of fused-ring (bicyclic) bond motifs is 1. The molecule has 0 fully saturated rings. The fourth-order valence-electron chi connectivity index (χ4n) is 0.971. The van der Waals surface area contributed by atoms with Crippen LogP contribution in [0, 0.1) is 0 Å². The van der Waals surface area contributed by atoms with Crippen molar-refractivity contribution in [1.29, 1.82) is 0 Å². The summed E-state index contributed by atoms with van der Waals surface area (Å²) in [5.74, 6) is 0. The van der Waals surface area contributed by atoms with Crippen LogP contribution in [0.3, 0.4) is 0 Å². The van der Waals surface area contributed by atoms with Crippen molar-refractivity contribution in [2.24, 2.45) is 0 Å². The Labute approximate surface area is 82.7 Å². The van der Waals surface area contributed by atoms with Crippen molar-refractivity contribution in [2.45, 2.75) is 0 Å². The lowest BCUT2D eigenvalue weighted by Crippen LogP contribution is -1.81. The zero-order valence-corrected chi connectivity index (χ0v) is 8.30. The van der Waals surface area contributed by atoms with Crippen LogP contribution in [0.5, 0.6) is 0 Å². The zero-order chi connectivity index (χ0) is 8.55. The van der Waals surface area contributed by atoms with Crippen LogP contribution in [-0.4, -0.2) is 9.97 Å². The third kappa shape index (κ3) is 1.42. The van der Waals surface area contributed by atoms with Crippen LogP contribution in [0.1, 0.15) is 0 Å². The van der Waals surface area contributed by atoms with Gasteiger partial charge in [0.1, 0.15) is 5.15 Å². The van der Waals surface area contributed by atoms with Gasteiger partial charge in [0.2, 0.25) is 0 Å². The molecule has 0 aliphatic rings. The van der Waals surface area contributed by atoms with Gasteiger partial charge in [-0.2, -0.15) is 0 Å². The predicted molar refractivity (Wildman–Crippen MR) is 52.2 cm³/mol. The van der Waals surface area contributed by atoms with Gasteiger partial charge in [-0.15, -0.1) is 0 Å². The standard InChI is InChI=1S/C8H4BrClN2/c9-6-1-5-3-12-8(10)2-7(5)11-4-6/h1-4H. The summed E-state index contributed by atoms with van der Waals surface area (Å²) < 4.78 is 0.944. The van der Waals surface area contributed by atoms with E-state index in [9.17, 15) is 0 Å². The molecular formula is C8H4BrClN2. The maximum Gasteiger partial charge on any atom is 0.131 e. The van der Waals surface area contributed by atoms with Crippen molar-refractivity contribution in [3.8, 4) is 0 Å². The van der Waals surface area contributed by atoms with E-state index < -0.39 is 0 Å². The Morgan fingerprint density at radius 1 is 1.17 bits per heavy atom. The van der Waals surface area contributed by atoms with Gasteiger partial charge < -0.3 is 0 Å². The van der Waals surface area contributed by atoms with Crippen LogP contribution in [-0.2, 0) is 0 Å². The highest BCUT2D eigenvalue weighted by Crippen LogP contribution is 2.18. The molecule has 0 amide bonds. The molecule has 2 rings (SSSR count). The maximum absolute atomic E-state index is 5.70. The van der Waals surface area contributed by atoms with Crippen molar-refractivity contribution < 1.29 is 0 Å². The van der Waals surface area contributed by atoms with Crippen LogP contribution in [0.4, 0.5) is 0 Å². The first-order valence-electron chi connectivity index (χ1n) is 3.32. The van der Waals surface area contributed by atoms with E-state index >= 15 is 0 Å². The number of hydrogen-bond donors (Lipinski definition) is 0. The number of aromatic nitrogens is 2. The van der Waals surface area contributed by atoms with E-state index in [1.807, 2.05) is 6.07 Å². The van der Waals surface area contributed by atoms with Crippen LogP contribution >= 0.6 is 27.5 Å². The number of nitrogens with zero attached hydrogens (tertiary/aromatic N) is 2. The van der Waals surface area contributed by atoms with Crippen LogP contribution in [0.15, 0.2) is 29.0 Å². The van der Waals surface area contributed by atoms with Gasteiger partial charge in [-0.3, -0.25) is 4.98 Å². The third-order valence-corrected chi connectivity index (χ3v) is 2.14. The highest BCUT2D eigenvalue weighted by Gasteiger charge is 1.96. The molecule has 0 saturated heterocycles. The van der Waals surface area contributed by atoms with Crippen LogP contribution < -0.4 is 0 Å². The zero-order valence-electron chi connectivity index (χ0n) is 5.96. The molecule has 0 saturated carbocycles. The van der Waals surface area contributed by atoms with Crippen molar-refractivity contribution in [3.63, 3.8) is 0 Å². The number of pyridine rings is 2. The van der Waals surface area contributed by atoms with E-state index in [0.717, 1.165) is 15.4 Å². The van der Waals surface area contributed by atoms with Crippen molar-refractivity contribution in [1.82, 2.24) is 9.97 Å². The fraction of sp³-hybridized carbons (Fsp3) is 0. The van der Waals surface area contributed by atoms with Gasteiger partial charge in [-0.1, -0.05) is 11.6 Å². The third-order valence-electron chi connectivity index (χ3n) is 1.50. The summed E-state index contributed by atoms with van der Waals surface area (Å²) in [5.41, 5.74) is 0.859. The van der Waals surface area contributed by atoms with E-state index in [1.165, 1.54) is 0 Å². The Hall–Kier alpha value is -0.670. The molecule has 0 spiro atoms. The lowest BCUT2D eigenvalue weighted by atomic mass is 10.3. The largest absolute Gasteiger partial charge is 0.255 e. The SMILES string of the molecule is Clc1cc2ncc(Br)cc2cn1. The van der Waals surface area contributed by atoms with Gasteiger partial charge in [0.05, 0.1) is 5.52 Å². The molecule has 2 aromatic heterocycles. The molecule has 0 aliphatic heterocycles. The molecule has 4 heteroatoms. The van der Waals surface area contributed by atoms with Crippen molar-refractivity contribution >= 4 is 38.4 Å². The van der Waals surface area contributed by atoms with Gasteiger partial charge in [-0.25, -0.2) is 4.98 Å². The number of halogens is 2. The normalized spacial score (nSPS) is 10.5. The smallest absolute Gasteiger partial charge is 0.131 e. The van der Waals surface area contributed by atoms with Gasteiger partial charge in [0.25, 0.3) is 0 Å². The first-order valence-corrected chi connectivity index (χ1v) is 4.49. The average molecular weight is 243 g/mol. The molecule has 12 heavy (non-hydrogen) atoms. The molecule has 0 N–H and O–H groups in total. The minimum Gasteiger partial charge on any atom is -0.255 e. The second-order valence-electron chi connectivity index (χ2n) is 2.35. The molecule has 0 bridgehead atoms. The minimum absolute atomic E-state index is 0.470. The topological polar surface area (TPSA) is 25.8 Å². The molecule has 0 aliphatic carbocycles. The molecule has 2 nitrogen and oxygen atoms in total. The highest BCUT2D eigenvalue weighted by molar-refractivity contribution is 9.10. The molecule has 0 aromatic carbocycles. The summed E-state index contributed by atoms with van der Waals surface area (Å²) in [4.78, 5) is 8.12. The van der Waals surface area contributed by atoms with Crippen molar-refractivity contribution in [2.75, 3.05) is 0 Å². The molecule has 2 aromatic rings. The molecular weight excluding hydrogens is 239 g/mol. The second kappa shape index (κ2) is 2.99. The summed E-state index contributed by atoms with van der Waals surface area (Å²) in [6.07, 6.45) is 3.44. The highest BCUT2D eigenvalue weighted by atomic mass is 79.9. The minimum atomic E-state index is 0.470. The summed E-state index contributed by atoms with van der Waals surface area (Å²) in [7, 11) is 0. The molecule has 0 atom stereocenters. The Balaban J connectivity index is 2.79. The van der Waals surface area contributed by atoms with E-state index in [0.29, 0.717) is 5.15 Å². The predicted octanol–water partition coefficient (Wildman–Crippen LogP) is 3.05. The number of rotatable bonds is 0. The molecule has 60 valence electrons. The van der Waals surface area contributed by atoms with Crippen LogP contribution in [0.25, 0.3) is 10.9 Å². The van der Waals surface area contributed by atoms with Gasteiger partial charge in [-0.05, 0) is 22.0 Å². The lowest BCUT2D eigenvalue weighted by Gasteiger charge is -1.96. The van der Waals surface area contributed by atoms with E-state index in [4.69, 9.17) is 11.6 Å². The Kier molecular flexibility index (Phi) is 1.98. The van der Waals surface area contributed by atoms with E-state index in [1.54, 1.807) is 18.5 Å². The molecule has 2 heterocycles. The van der Waals surface area contributed by atoms with Gasteiger partial charge in [0, 0.05) is 28.3 Å². The quantitative estimate of drug-likeness (QED) is 0.665. The average Bonchev–Trinajstić information content (AvgIpc) is 2.05. The Morgan fingerprint density at radius 2 is 2.00 bits per heavy atom. The lowest BCUT2D eigenvalue weighted by molar-refractivity contribution is 1.32. The van der Waals surface area contributed by atoms with E-state index in [2.05, 4.69) is 25.9 Å². The summed E-state index contributed by atoms with van der Waals surface area (Å²) in [6, 6.07) is 3.69. The molecule has 0 radical (unpaired) electrons. The second-order valence-corrected chi connectivity index (χ2v) is 3.66. The van der Waals surface area contributed by atoms with Crippen molar-refractivity contribution in [3.05, 3.63) is 34.2 Å². The Bertz CT molecular complexity index is 389. The van der Waals surface area contributed by atoms with Gasteiger partial charge >= 0.3 is 0 Å². The maximum atomic E-state index is 5.70. The summed E-state index contributed by atoms with van der Waals surface area (Å²) >= 11 is 9.02. The number of hydrogen-bond acceptors (Lipinski definition) is 2.